The van der Waals surface area contributed by atoms with E-state index in [2.05, 4.69) is 0 Å². The van der Waals surface area contributed by atoms with Gasteiger partial charge in [-0.05, 0) is 42.0 Å². The number of hydrogen-bond donors (Lipinski definition) is 0. The number of carbonyl (C=O) groups is 2. The van der Waals surface area contributed by atoms with Gasteiger partial charge in [-0.15, -0.1) is 11.3 Å². The summed E-state index contributed by atoms with van der Waals surface area (Å²) in [5.41, 5.74) is 3.19. The summed E-state index contributed by atoms with van der Waals surface area (Å²) in [4.78, 5) is 31.1. The number of anilines is 1. The molecule has 0 saturated carbocycles. The molecule has 2 aliphatic heterocycles. The van der Waals surface area contributed by atoms with Gasteiger partial charge in [0.1, 0.15) is 5.75 Å². The SMILES string of the molecule is CN(C(=O)c1cc2c(s1)-c1ccccc1OCC2)c1ccc(C(=O)N2CCOCC2)cc1Cl. The fraction of sp³-hybridized carbons (Fsp3) is 0.280. The van der Waals surface area contributed by atoms with Crippen LogP contribution in [0.2, 0.25) is 5.02 Å². The molecular formula is C25H23ClN2O4S. The summed E-state index contributed by atoms with van der Waals surface area (Å²) in [5, 5.41) is 0.363. The zero-order valence-corrected chi connectivity index (χ0v) is 19.7. The van der Waals surface area contributed by atoms with Crippen LogP contribution in [0, 0.1) is 0 Å². The van der Waals surface area contributed by atoms with Gasteiger partial charge in [0, 0.05) is 42.6 Å². The van der Waals surface area contributed by atoms with Crippen LogP contribution in [-0.2, 0) is 11.2 Å². The minimum atomic E-state index is -0.138. The second kappa shape index (κ2) is 9.17. The van der Waals surface area contributed by atoms with Crippen molar-refractivity contribution in [1.82, 2.24) is 4.90 Å². The summed E-state index contributed by atoms with van der Waals surface area (Å²) in [7, 11) is 1.70. The van der Waals surface area contributed by atoms with Crippen molar-refractivity contribution in [3.8, 4) is 16.2 Å². The van der Waals surface area contributed by atoms with Gasteiger partial charge in [0.25, 0.3) is 11.8 Å². The molecule has 3 aromatic rings. The number of morpholine rings is 1. The van der Waals surface area contributed by atoms with E-state index >= 15 is 0 Å². The van der Waals surface area contributed by atoms with Crippen LogP contribution in [0.5, 0.6) is 5.75 Å². The Hall–Kier alpha value is -2.87. The van der Waals surface area contributed by atoms with Crippen LogP contribution in [0.25, 0.3) is 10.4 Å². The van der Waals surface area contributed by atoms with Crippen molar-refractivity contribution < 1.29 is 19.1 Å². The van der Waals surface area contributed by atoms with Gasteiger partial charge in [-0.2, -0.15) is 0 Å². The number of benzene rings is 2. The summed E-state index contributed by atoms with van der Waals surface area (Å²) < 4.78 is 11.2. The Kier molecular flexibility index (Phi) is 6.10. The van der Waals surface area contributed by atoms with Crippen molar-refractivity contribution in [3.63, 3.8) is 0 Å². The minimum absolute atomic E-state index is 0.0800. The number of rotatable bonds is 3. The average Bonchev–Trinajstić information content (AvgIpc) is 3.19. The molecule has 0 aliphatic carbocycles. The number of halogens is 1. The standard InChI is InChI=1S/C25H23ClN2O4S/c1-27(20-7-6-17(14-19(20)26)24(29)28-9-12-31-13-10-28)25(30)22-15-16-8-11-32-21-5-3-2-4-18(21)23(16)33-22/h2-7,14-15H,8-13H2,1H3. The molecule has 2 aliphatic rings. The van der Waals surface area contributed by atoms with Crippen LogP contribution in [0.15, 0.2) is 48.5 Å². The molecule has 0 spiro atoms. The van der Waals surface area contributed by atoms with Crippen LogP contribution < -0.4 is 9.64 Å². The van der Waals surface area contributed by atoms with Gasteiger partial charge in [0.05, 0.1) is 35.4 Å². The topological polar surface area (TPSA) is 59.1 Å². The lowest BCUT2D eigenvalue weighted by molar-refractivity contribution is 0.0303. The number of carbonyl (C=O) groups excluding carboxylic acids is 2. The lowest BCUT2D eigenvalue weighted by Crippen LogP contribution is -2.40. The zero-order chi connectivity index (χ0) is 22.9. The van der Waals surface area contributed by atoms with Gasteiger partial charge in [-0.25, -0.2) is 0 Å². The lowest BCUT2D eigenvalue weighted by atomic mass is 10.1. The normalized spacial score (nSPS) is 15.2. The molecule has 2 amide bonds. The van der Waals surface area contributed by atoms with Crippen molar-refractivity contribution in [2.24, 2.45) is 0 Å². The second-order valence-electron chi connectivity index (χ2n) is 7.99. The highest BCUT2D eigenvalue weighted by atomic mass is 35.5. The van der Waals surface area contributed by atoms with Crippen LogP contribution in [0.1, 0.15) is 25.6 Å². The van der Waals surface area contributed by atoms with Gasteiger partial charge in [0.2, 0.25) is 0 Å². The highest BCUT2D eigenvalue weighted by Crippen LogP contribution is 2.41. The van der Waals surface area contributed by atoms with Crippen LogP contribution >= 0.6 is 22.9 Å². The van der Waals surface area contributed by atoms with Crippen LogP contribution in [0.4, 0.5) is 5.69 Å². The number of nitrogens with zero attached hydrogens (tertiary/aromatic N) is 2. The first kappa shape index (κ1) is 21.9. The molecule has 0 atom stereocenters. The van der Waals surface area contributed by atoms with Crippen LogP contribution in [0.3, 0.4) is 0 Å². The molecule has 0 unspecified atom stereocenters. The quantitative estimate of drug-likeness (QED) is 0.540. The monoisotopic (exact) mass is 482 g/mol. The molecule has 6 nitrogen and oxygen atoms in total. The van der Waals surface area contributed by atoms with E-state index in [1.807, 2.05) is 30.3 Å². The first-order valence-electron chi connectivity index (χ1n) is 10.8. The first-order valence-corrected chi connectivity index (χ1v) is 12.0. The van der Waals surface area contributed by atoms with Crippen molar-refractivity contribution in [3.05, 3.63) is 69.6 Å². The molecule has 33 heavy (non-hydrogen) atoms. The molecule has 5 rings (SSSR count). The molecule has 3 heterocycles. The molecule has 0 radical (unpaired) electrons. The van der Waals surface area contributed by atoms with E-state index in [-0.39, 0.29) is 11.8 Å². The van der Waals surface area contributed by atoms with E-state index in [0.717, 1.165) is 28.2 Å². The predicted octanol–water partition coefficient (Wildman–Crippen LogP) is 4.75. The highest BCUT2D eigenvalue weighted by molar-refractivity contribution is 7.17. The summed E-state index contributed by atoms with van der Waals surface area (Å²) in [6.07, 6.45) is 0.747. The fourth-order valence-electron chi connectivity index (χ4n) is 4.13. The van der Waals surface area contributed by atoms with Crippen molar-refractivity contribution >= 4 is 40.4 Å². The third-order valence-electron chi connectivity index (χ3n) is 5.94. The number of ether oxygens (including phenoxy) is 2. The van der Waals surface area contributed by atoms with Gasteiger partial charge in [-0.1, -0.05) is 23.7 Å². The van der Waals surface area contributed by atoms with E-state index in [1.165, 1.54) is 11.3 Å². The Morgan fingerprint density at radius 1 is 1.06 bits per heavy atom. The van der Waals surface area contributed by atoms with Crippen LogP contribution in [-0.4, -0.2) is 56.7 Å². The molecule has 0 N–H and O–H groups in total. The third kappa shape index (κ3) is 4.24. The molecule has 2 aromatic carbocycles. The van der Waals surface area contributed by atoms with Crippen molar-refractivity contribution in [2.45, 2.75) is 6.42 Å². The summed E-state index contributed by atoms with van der Waals surface area (Å²) in [5.74, 6) is 0.623. The molecule has 1 saturated heterocycles. The molecule has 1 fully saturated rings. The Balaban J connectivity index is 1.39. The molecular weight excluding hydrogens is 460 g/mol. The van der Waals surface area contributed by atoms with E-state index in [0.29, 0.717) is 54.1 Å². The Morgan fingerprint density at radius 3 is 2.64 bits per heavy atom. The molecule has 0 bridgehead atoms. The van der Waals surface area contributed by atoms with E-state index < -0.39 is 0 Å². The van der Waals surface area contributed by atoms with Gasteiger partial charge < -0.3 is 19.3 Å². The minimum Gasteiger partial charge on any atom is -0.493 e. The van der Waals surface area contributed by atoms with Gasteiger partial charge >= 0.3 is 0 Å². The Labute approximate surface area is 201 Å². The smallest absolute Gasteiger partial charge is 0.268 e. The number of para-hydroxylation sites is 1. The molecule has 170 valence electrons. The Morgan fingerprint density at radius 2 is 1.85 bits per heavy atom. The average molecular weight is 483 g/mol. The van der Waals surface area contributed by atoms with E-state index in [1.54, 1.807) is 35.0 Å². The van der Waals surface area contributed by atoms with E-state index in [4.69, 9.17) is 21.1 Å². The molecule has 1 aromatic heterocycles. The number of amides is 2. The Bertz CT molecular complexity index is 1220. The summed E-state index contributed by atoms with van der Waals surface area (Å²) in [6.45, 7) is 2.78. The van der Waals surface area contributed by atoms with Gasteiger partial charge in [0.15, 0.2) is 0 Å². The zero-order valence-electron chi connectivity index (χ0n) is 18.2. The molecule has 8 heteroatoms. The maximum Gasteiger partial charge on any atom is 0.268 e. The predicted molar refractivity (Wildman–Crippen MR) is 130 cm³/mol. The second-order valence-corrected chi connectivity index (χ2v) is 9.45. The third-order valence-corrected chi connectivity index (χ3v) is 7.44. The van der Waals surface area contributed by atoms with E-state index in [9.17, 15) is 9.59 Å². The van der Waals surface area contributed by atoms with Crippen molar-refractivity contribution in [2.75, 3.05) is 44.9 Å². The maximum atomic E-state index is 13.3. The maximum absolute atomic E-state index is 13.3. The van der Waals surface area contributed by atoms with Gasteiger partial charge in [-0.3, -0.25) is 9.59 Å². The van der Waals surface area contributed by atoms with Crippen molar-refractivity contribution in [1.29, 1.82) is 0 Å². The fourth-order valence-corrected chi connectivity index (χ4v) is 5.66. The highest BCUT2D eigenvalue weighted by Gasteiger charge is 2.25. The number of thiophene rings is 1. The largest absolute Gasteiger partial charge is 0.493 e. The first-order chi connectivity index (χ1) is 16.0. The number of hydrogen-bond acceptors (Lipinski definition) is 5. The summed E-state index contributed by atoms with van der Waals surface area (Å²) in [6, 6.07) is 14.9. The number of fused-ring (bicyclic) bond motifs is 3. The summed E-state index contributed by atoms with van der Waals surface area (Å²) >= 11 is 7.99. The lowest BCUT2D eigenvalue weighted by Gasteiger charge is -2.27.